The second-order valence-corrected chi connectivity index (χ2v) is 6.22. The van der Waals surface area contributed by atoms with E-state index in [0.717, 1.165) is 5.56 Å². The maximum atomic E-state index is 12.3. The van der Waals surface area contributed by atoms with E-state index < -0.39 is 0 Å². The van der Waals surface area contributed by atoms with E-state index in [1.807, 2.05) is 31.2 Å². The van der Waals surface area contributed by atoms with Gasteiger partial charge in [-0.05, 0) is 62.7 Å². The van der Waals surface area contributed by atoms with Gasteiger partial charge in [-0.25, -0.2) is 0 Å². The van der Waals surface area contributed by atoms with Crippen molar-refractivity contribution in [3.05, 3.63) is 64.7 Å². The first kappa shape index (κ1) is 18.2. The third-order valence-electron chi connectivity index (χ3n) is 3.80. The van der Waals surface area contributed by atoms with Crippen molar-refractivity contribution in [3.8, 4) is 0 Å². The van der Waals surface area contributed by atoms with Crippen LogP contribution in [0.2, 0.25) is 5.02 Å². The highest BCUT2D eigenvalue weighted by atomic mass is 35.5. The van der Waals surface area contributed by atoms with E-state index in [-0.39, 0.29) is 23.8 Å². The van der Waals surface area contributed by atoms with Gasteiger partial charge in [-0.1, -0.05) is 23.7 Å². The third kappa shape index (κ3) is 4.91. The van der Waals surface area contributed by atoms with Crippen LogP contribution in [-0.4, -0.2) is 17.7 Å². The Morgan fingerprint density at radius 3 is 2.29 bits per heavy atom. The topological polar surface area (TPSA) is 58.2 Å². The fraction of sp³-hybridized carbons (Fsp3) is 0.263. The minimum absolute atomic E-state index is 0.00161. The summed E-state index contributed by atoms with van der Waals surface area (Å²) in [5.74, 6) is -0.141. The Balaban J connectivity index is 1.95. The van der Waals surface area contributed by atoms with E-state index in [4.69, 9.17) is 11.6 Å². The maximum absolute atomic E-state index is 12.3. The molecule has 2 aromatic rings. The van der Waals surface area contributed by atoms with Gasteiger partial charge in [0.15, 0.2) is 5.78 Å². The molecule has 0 bridgehead atoms. The molecule has 0 aliphatic carbocycles. The predicted octanol–water partition coefficient (Wildman–Crippen LogP) is 4.22. The molecule has 0 saturated carbocycles. The summed E-state index contributed by atoms with van der Waals surface area (Å²) >= 11 is 6.00. The van der Waals surface area contributed by atoms with Crippen LogP contribution in [0.25, 0.3) is 0 Å². The zero-order chi connectivity index (χ0) is 17.7. The van der Waals surface area contributed by atoms with Crippen LogP contribution in [0, 0.1) is 0 Å². The second kappa shape index (κ2) is 8.08. The fourth-order valence-electron chi connectivity index (χ4n) is 2.36. The Morgan fingerprint density at radius 2 is 1.71 bits per heavy atom. The van der Waals surface area contributed by atoms with Gasteiger partial charge in [-0.15, -0.1) is 0 Å². The SMILES string of the molecule is CC(=O)c1ccc(NC(=O)[C@H](C)N[C@H](C)c2cccc(Cl)c2)cc1. The quantitative estimate of drug-likeness (QED) is 0.771. The molecule has 2 atom stereocenters. The van der Waals surface area contributed by atoms with E-state index in [1.54, 1.807) is 31.2 Å². The van der Waals surface area contributed by atoms with E-state index in [2.05, 4.69) is 10.6 Å². The summed E-state index contributed by atoms with van der Waals surface area (Å²) < 4.78 is 0. The summed E-state index contributed by atoms with van der Waals surface area (Å²) in [6, 6.07) is 14.0. The third-order valence-corrected chi connectivity index (χ3v) is 4.04. The van der Waals surface area contributed by atoms with Gasteiger partial charge in [0, 0.05) is 22.3 Å². The molecule has 2 rings (SSSR count). The smallest absolute Gasteiger partial charge is 0.241 e. The van der Waals surface area contributed by atoms with Crippen LogP contribution in [0.1, 0.15) is 42.7 Å². The van der Waals surface area contributed by atoms with Crippen LogP contribution >= 0.6 is 11.6 Å². The Kier molecular flexibility index (Phi) is 6.12. The molecule has 0 radical (unpaired) electrons. The van der Waals surface area contributed by atoms with Crippen molar-refractivity contribution in [1.29, 1.82) is 0 Å². The molecule has 0 unspecified atom stereocenters. The molecule has 0 aliphatic rings. The highest BCUT2D eigenvalue weighted by Gasteiger charge is 2.16. The number of Topliss-reactive ketones (excluding diaryl/α,β-unsaturated/α-hetero) is 1. The highest BCUT2D eigenvalue weighted by molar-refractivity contribution is 6.30. The van der Waals surface area contributed by atoms with E-state index in [0.29, 0.717) is 16.3 Å². The van der Waals surface area contributed by atoms with Gasteiger partial charge >= 0.3 is 0 Å². The first-order valence-electron chi connectivity index (χ1n) is 7.80. The van der Waals surface area contributed by atoms with Crippen LogP contribution in [0.4, 0.5) is 5.69 Å². The van der Waals surface area contributed by atoms with Crippen molar-refractivity contribution in [2.45, 2.75) is 32.9 Å². The Bertz CT molecular complexity index is 728. The van der Waals surface area contributed by atoms with Crippen molar-refractivity contribution >= 4 is 29.0 Å². The molecule has 0 aromatic heterocycles. The summed E-state index contributed by atoms with van der Waals surface area (Å²) in [6.45, 7) is 5.30. The first-order chi connectivity index (χ1) is 11.4. The van der Waals surface area contributed by atoms with Gasteiger partial charge in [0.05, 0.1) is 6.04 Å². The molecule has 2 N–H and O–H groups in total. The van der Waals surface area contributed by atoms with Crippen LogP contribution in [0.3, 0.4) is 0 Å². The average molecular weight is 345 g/mol. The van der Waals surface area contributed by atoms with Crippen LogP contribution in [0.5, 0.6) is 0 Å². The fourth-order valence-corrected chi connectivity index (χ4v) is 2.56. The first-order valence-corrected chi connectivity index (χ1v) is 8.18. The van der Waals surface area contributed by atoms with Crippen LogP contribution in [0.15, 0.2) is 48.5 Å². The number of carbonyl (C=O) groups excluding carboxylic acids is 2. The minimum Gasteiger partial charge on any atom is -0.325 e. The van der Waals surface area contributed by atoms with E-state index in [1.165, 1.54) is 6.92 Å². The maximum Gasteiger partial charge on any atom is 0.241 e. The van der Waals surface area contributed by atoms with Crippen molar-refractivity contribution in [2.24, 2.45) is 0 Å². The number of nitrogens with one attached hydrogen (secondary N) is 2. The van der Waals surface area contributed by atoms with Gasteiger partial charge < -0.3 is 5.32 Å². The summed E-state index contributed by atoms with van der Waals surface area (Å²) in [5.41, 5.74) is 2.30. The number of hydrogen-bond acceptors (Lipinski definition) is 3. The number of benzene rings is 2. The summed E-state index contributed by atoms with van der Waals surface area (Å²) in [7, 11) is 0. The van der Waals surface area contributed by atoms with Crippen molar-refractivity contribution in [3.63, 3.8) is 0 Å². The average Bonchev–Trinajstić information content (AvgIpc) is 2.55. The molecule has 4 nitrogen and oxygen atoms in total. The number of anilines is 1. The normalized spacial score (nSPS) is 13.2. The van der Waals surface area contributed by atoms with Crippen molar-refractivity contribution in [1.82, 2.24) is 5.32 Å². The van der Waals surface area contributed by atoms with Crippen molar-refractivity contribution < 1.29 is 9.59 Å². The minimum atomic E-state index is -0.383. The lowest BCUT2D eigenvalue weighted by Crippen LogP contribution is -2.39. The van der Waals surface area contributed by atoms with Gasteiger partial charge in [-0.2, -0.15) is 0 Å². The molecule has 24 heavy (non-hydrogen) atoms. The number of ketones is 1. The van der Waals surface area contributed by atoms with Gasteiger partial charge in [0.1, 0.15) is 0 Å². The molecule has 0 spiro atoms. The van der Waals surface area contributed by atoms with E-state index in [9.17, 15) is 9.59 Å². The highest BCUT2D eigenvalue weighted by Crippen LogP contribution is 2.18. The summed E-state index contributed by atoms with van der Waals surface area (Å²) in [6.07, 6.45) is 0. The van der Waals surface area contributed by atoms with Gasteiger partial charge in [0.2, 0.25) is 5.91 Å². The number of rotatable bonds is 6. The van der Waals surface area contributed by atoms with Crippen molar-refractivity contribution in [2.75, 3.05) is 5.32 Å². The molecule has 1 amide bonds. The van der Waals surface area contributed by atoms with Crippen LogP contribution in [-0.2, 0) is 4.79 Å². The lowest BCUT2D eigenvalue weighted by atomic mass is 10.1. The lowest BCUT2D eigenvalue weighted by Gasteiger charge is -2.20. The van der Waals surface area contributed by atoms with E-state index >= 15 is 0 Å². The molecule has 0 heterocycles. The molecule has 5 heteroatoms. The molecule has 0 aliphatic heterocycles. The monoisotopic (exact) mass is 344 g/mol. The molecule has 0 saturated heterocycles. The number of carbonyl (C=O) groups is 2. The number of amides is 1. The van der Waals surface area contributed by atoms with Gasteiger partial charge in [-0.3, -0.25) is 14.9 Å². The molecule has 2 aromatic carbocycles. The zero-order valence-corrected chi connectivity index (χ0v) is 14.7. The summed E-state index contributed by atoms with van der Waals surface area (Å²) in [4.78, 5) is 23.6. The van der Waals surface area contributed by atoms with Gasteiger partial charge in [0.25, 0.3) is 0 Å². The predicted molar refractivity (Wildman–Crippen MR) is 97.5 cm³/mol. The Labute approximate surface area is 147 Å². The molecule has 126 valence electrons. The Hall–Kier alpha value is -2.17. The standard InChI is InChI=1S/C19H21ClN2O2/c1-12(16-5-4-6-17(20)11-16)21-13(2)19(24)22-18-9-7-15(8-10-18)14(3)23/h4-13,21H,1-3H3,(H,22,24)/t12-,13+/m1/s1. The number of hydrogen-bond donors (Lipinski definition) is 2. The lowest BCUT2D eigenvalue weighted by molar-refractivity contribution is -0.117. The second-order valence-electron chi connectivity index (χ2n) is 5.79. The molecular formula is C19H21ClN2O2. The zero-order valence-electron chi connectivity index (χ0n) is 14.0. The largest absolute Gasteiger partial charge is 0.325 e. The number of halogens is 1. The Morgan fingerprint density at radius 1 is 1.04 bits per heavy atom. The van der Waals surface area contributed by atoms with Crippen LogP contribution < -0.4 is 10.6 Å². The molecular weight excluding hydrogens is 324 g/mol. The molecule has 0 fully saturated rings. The summed E-state index contributed by atoms with van der Waals surface area (Å²) in [5, 5.41) is 6.76.